The van der Waals surface area contributed by atoms with Crippen LogP contribution in [0.4, 0.5) is 0 Å². The van der Waals surface area contributed by atoms with Crippen molar-refractivity contribution in [3.05, 3.63) is 106 Å². The highest BCUT2D eigenvalue weighted by atomic mass is 35.5. The molecule has 0 radical (unpaired) electrons. The molecule has 0 saturated carbocycles. The summed E-state index contributed by atoms with van der Waals surface area (Å²) in [7, 11) is 0. The molecule has 3 aromatic rings. The number of benzene rings is 3. The van der Waals surface area contributed by atoms with Crippen molar-refractivity contribution in [3.63, 3.8) is 0 Å². The Kier molecular flexibility index (Phi) is 8.67. The summed E-state index contributed by atoms with van der Waals surface area (Å²) in [4.78, 5) is 28.7. The Balaban J connectivity index is 1.96. The number of amides is 2. The number of hydrogen-bond donors (Lipinski definition) is 1. The molecule has 0 aliphatic carbocycles. The summed E-state index contributed by atoms with van der Waals surface area (Å²) in [6, 6.07) is 24.5. The Bertz CT molecular complexity index is 1060. The molecule has 0 heterocycles. The van der Waals surface area contributed by atoms with Crippen LogP contribution in [-0.2, 0) is 29.0 Å². The van der Waals surface area contributed by atoms with Gasteiger partial charge >= 0.3 is 0 Å². The van der Waals surface area contributed by atoms with E-state index in [4.69, 9.17) is 11.6 Å². The Hall–Kier alpha value is -3.11. The Morgan fingerprint density at radius 2 is 1.55 bits per heavy atom. The second-order valence-corrected chi connectivity index (χ2v) is 9.12. The van der Waals surface area contributed by atoms with E-state index in [-0.39, 0.29) is 24.3 Å². The fraction of sp³-hybridized carbons (Fsp3) is 0.286. The summed E-state index contributed by atoms with van der Waals surface area (Å²) >= 11 is 6.02. The maximum absolute atomic E-state index is 13.6. The van der Waals surface area contributed by atoms with Crippen molar-refractivity contribution >= 4 is 23.4 Å². The van der Waals surface area contributed by atoms with Gasteiger partial charge in [0.25, 0.3) is 0 Å². The number of carbonyl (C=O) groups excluding carboxylic acids is 2. The molecule has 0 saturated heterocycles. The number of halogens is 1. The smallest absolute Gasteiger partial charge is 0.243 e. The molecule has 1 N–H and O–H groups in total. The van der Waals surface area contributed by atoms with Gasteiger partial charge in [-0.15, -0.1) is 0 Å². The predicted octanol–water partition coefficient (Wildman–Crippen LogP) is 5.36. The molecule has 3 aromatic carbocycles. The van der Waals surface area contributed by atoms with Crippen molar-refractivity contribution in [3.8, 4) is 0 Å². The average molecular weight is 463 g/mol. The van der Waals surface area contributed by atoms with Gasteiger partial charge in [-0.05, 0) is 49.6 Å². The number of hydrogen-bond acceptors (Lipinski definition) is 2. The molecule has 1 unspecified atom stereocenters. The highest BCUT2D eigenvalue weighted by molar-refractivity contribution is 6.30. The first kappa shape index (κ1) is 24.5. The first-order valence-electron chi connectivity index (χ1n) is 11.3. The first-order valence-corrected chi connectivity index (χ1v) is 11.6. The topological polar surface area (TPSA) is 49.4 Å². The lowest BCUT2D eigenvalue weighted by atomic mass is 10.0. The standard InChI is InChI=1S/C28H31ClN2O2/c1-20(2)30-28(33)26(17-22-9-5-4-6-10-22)31(19-24-11-7-8-21(3)16-24)27(32)18-23-12-14-25(29)15-13-23/h4-16,20,26H,17-19H2,1-3H3,(H,30,33). The third-order valence-corrected chi connectivity index (χ3v) is 5.66. The molecule has 0 aliphatic rings. The van der Waals surface area contributed by atoms with Gasteiger partial charge in [-0.25, -0.2) is 0 Å². The molecule has 0 spiro atoms. The van der Waals surface area contributed by atoms with E-state index in [1.54, 1.807) is 17.0 Å². The SMILES string of the molecule is Cc1cccc(CN(C(=O)Cc2ccc(Cl)cc2)C(Cc2ccccc2)C(=O)NC(C)C)c1. The molecule has 33 heavy (non-hydrogen) atoms. The largest absolute Gasteiger partial charge is 0.352 e. The van der Waals surface area contributed by atoms with Gasteiger partial charge in [0.2, 0.25) is 11.8 Å². The quantitative estimate of drug-likeness (QED) is 0.465. The van der Waals surface area contributed by atoms with Crippen molar-refractivity contribution in [2.75, 3.05) is 0 Å². The van der Waals surface area contributed by atoms with E-state index in [2.05, 4.69) is 11.4 Å². The lowest BCUT2D eigenvalue weighted by Crippen LogP contribution is -2.52. The molecule has 172 valence electrons. The van der Waals surface area contributed by atoms with Crippen LogP contribution in [0, 0.1) is 6.92 Å². The normalized spacial score (nSPS) is 11.8. The van der Waals surface area contributed by atoms with E-state index in [0.717, 1.165) is 22.3 Å². The zero-order chi connectivity index (χ0) is 23.8. The molecular weight excluding hydrogens is 432 g/mol. The molecule has 0 aromatic heterocycles. The highest BCUT2D eigenvalue weighted by Gasteiger charge is 2.30. The van der Waals surface area contributed by atoms with Gasteiger partial charge in [0, 0.05) is 24.0 Å². The van der Waals surface area contributed by atoms with Gasteiger partial charge < -0.3 is 10.2 Å². The molecule has 0 bridgehead atoms. The summed E-state index contributed by atoms with van der Waals surface area (Å²) in [6.45, 7) is 6.24. The molecular formula is C28H31ClN2O2. The molecule has 2 amide bonds. The number of nitrogens with one attached hydrogen (secondary N) is 1. The zero-order valence-corrected chi connectivity index (χ0v) is 20.2. The summed E-state index contributed by atoms with van der Waals surface area (Å²) in [5, 5.41) is 3.64. The van der Waals surface area contributed by atoms with Crippen molar-refractivity contribution in [2.24, 2.45) is 0 Å². The van der Waals surface area contributed by atoms with Crippen LogP contribution in [0.15, 0.2) is 78.9 Å². The van der Waals surface area contributed by atoms with Gasteiger partial charge in [-0.3, -0.25) is 9.59 Å². The van der Waals surface area contributed by atoms with Crippen LogP contribution in [0.2, 0.25) is 5.02 Å². The summed E-state index contributed by atoms with van der Waals surface area (Å²) in [6.07, 6.45) is 0.640. The molecule has 4 nitrogen and oxygen atoms in total. The average Bonchev–Trinajstić information content (AvgIpc) is 2.78. The Morgan fingerprint density at radius 3 is 2.18 bits per heavy atom. The minimum atomic E-state index is -0.630. The summed E-state index contributed by atoms with van der Waals surface area (Å²) in [5.41, 5.74) is 3.98. The Labute approximate surface area is 201 Å². The number of rotatable bonds is 9. The Morgan fingerprint density at radius 1 is 0.879 bits per heavy atom. The third-order valence-electron chi connectivity index (χ3n) is 5.41. The van der Waals surface area contributed by atoms with Gasteiger partial charge in [0.15, 0.2) is 0 Å². The van der Waals surface area contributed by atoms with E-state index in [1.807, 2.05) is 81.4 Å². The molecule has 5 heteroatoms. The van der Waals surface area contributed by atoms with E-state index in [0.29, 0.717) is 18.0 Å². The highest BCUT2D eigenvalue weighted by Crippen LogP contribution is 2.18. The number of nitrogens with zero attached hydrogens (tertiary/aromatic N) is 1. The maximum atomic E-state index is 13.6. The van der Waals surface area contributed by atoms with Crippen LogP contribution in [0.1, 0.15) is 36.1 Å². The zero-order valence-electron chi connectivity index (χ0n) is 19.4. The van der Waals surface area contributed by atoms with Crippen molar-refractivity contribution < 1.29 is 9.59 Å². The van der Waals surface area contributed by atoms with Gasteiger partial charge in [0.05, 0.1) is 6.42 Å². The molecule has 3 rings (SSSR count). The fourth-order valence-corrected chi connectivity index (χ4v) is 3.95. The van der Waals surface area contributed by atoms with Gasteiger partial charge in [-0.1, -0.05) is 83.9 Å². The predicted molar refractivity (Wildman–Crippen MR) is 134 cm³/mol. The first-order chi connectivity index (χ1) is 15.8. The third kappa shape index (κ3) is 7.47. The van der Waals surface area contributed by atoms with E-state index >= 15 is 0 Å². The van der Waals surface area contributed by atoms with Crippen molar-refractivity contribution in [1.82, 2.24) is 10.2 Å². The van der Waals surface area contributed by atoms with Crippen LogP contribution in [0.5, 0.6) is 0 Å². The van der Waals surface area contributed by atoms with Crippen molar-refractivity contribution in [1.29, 1.82) is 0 Å². The van der Waals surface area contributed by atoms with Crippen LogP contribution >= 0.6 is 11.6 Å². The fourth-order valence-electron chi connectivity index (χ4n) is 3.82. The van der Waals surface area contributed by atoms with E-state index < -0.39 is 6.04 Å². The summed E-state index contributed by atoms with van der Waals surface area (Å²) in [5.74, 6) is -0.246. The second kappa shape index (κ2) is 11.7. The monoisotopic (exact) mass is 462 g/mol. The minimum Gasteiger partial charge on any atom is -0.352 e. The van der Waals surface area contributed by atoms with Gasteiger partial charge in [-0.2, -0.15) is 0 Å². The number of aryl methyl sites for hydroxylation is 1. The lowest BCUT2D eigenvalue weighted by Gasteiger charge is -2.32. The van der Waals surface area contributed by atoms with Crippen molar-refractivity contribution in [2.45, 2.75) is 52.2 Å². The van der Waals surface area contributed by atoms with Crippen LogP contribution in [0.3, 0.4) is 0 Å². The van der Waals surface area contributed by atoms with Crippen LogP contribution < -0.4 is 5.32 Å². The maximum Gasteiger partial charge on any atom is 0.243 e. The van der Waals surface area contributed by atoms with Gasteiger partial charge in [0.1, 0.15) is 6.04 Å². The number of carbonyl (C=O) groups is 2. The molecule has 0 fully saturated rings. The van der Waals surface area contributed by atoms with Crippen LogP contribution in [-0.4, -0.2) is 28.8 Å². The lowest BCUT2D eigenvalue weighted by molar-refractivity contribution is -0.141. The molecule has 1 atom stereocenters. The summed E-state index contributed by atoms with van der Waals surface area (Å²) < 4.78 is 0. The van der Waals surface area contributed by atoms with Crippen LogP contribution in [0.25, 0.3) is 0 Å². The second-order valence-electron chi connectivity index (χ2n) is 8.68. The minimum absolute atomic E-state index is 0.0250. The van der Waals surface area contributed by atoms with E-state index in [9.17, 15) is 9.59 Å². The molecule has 0 aliphatic heterocycles. The van der Waals surface area contributed by atoms with E-state index in [1.165, 1.54) is 0 Å².